The number of piperazine rings is 1. The van der Waals surface area contributed by atoms with Crippen LogP contribution in [0.2, 0.25) is 0 Å². The van der Waals surface area contributed by atoms with E-state index in [0.717, 1.165) is 50.6 Å². The lowest BCUT2D eigenvalue weighted by atomic mass is 9.42. The van der Waals surface area contributed by atoms with E-state index in [2.05, 4.69) is 29.8 Å². The Bertz CT molecular complexity index is 1220. The normalized spacial score (nSPS) is 42.1. The quantitative estimate of drug-likeness (QED) is 0.365. The maximum atomic E-state index is 12.7. The topological polar surface area (TPSA) is 144 Å². The van der Waals surface area contributed by atoms with Gasteiger partial charge in [0.05, 0.1) is 24.0 Å². The van der Waals surface area contributed by atoms with Crippen molar-refractivity contribution in [1.29, 1.82) is 0 Å². The molecule has 4 aliphatic carbocycles. The molecule has 0 radical (unpaired) electrons. The van der Waals surface area contributed by atoms with Crippen LogP contribution in [0.3, 0.4) is 0 Å². The number of nitrogens with one attached hydrogen (secondary N) is 3. The number of urea groups is 1. The molecule has 1 saturated heterocycles. The minimum Gasteiger partial charge on any atom is -0.431 e. The first kappa shape index (κ1) is 28.7. The van der Waals surface area contributed by atoms with Crippen LogP contribution in [-0.4, -0.2) is 77.0 Å². The van der Waals surface area contributed by atoms with Crippen molar-refractivity contribution in [3.63, 3.8) is 0 Å². The molecular weight excluding hydrogens is 524 g/mol. The fourth-order valence-corrected chi connectivity index (χ4v) is 9.87. The van der Waals surface area contributed by atoms with Gasteiger partial charge in [0.25, 0.3) is 0 Å². The molecule has 5 fully saturated rings. The lowest BCUT2D eigenvalue weighted by Crippen LogP contribution is -2.68. The molecular formula is C31H46N4O6. The van der Waals surface area contributed by atoms with E-state index in [1.54, 1.807) is 11.2 Å². The lowest BCUT2D eigenvalue weighted by Gasteiger charge is -2.66. The third-order valence-corrected chi connectivity index (χ3v) is 12.3. The highest BCUT2D eigenvalue weighted by Crippen LogP contribution is 2.71. The molecule has 5 aliphatic rings. The van der Waals surface area contributed by atoms with Crippen molar-refractivity contribution < 1.29 is 24.2 Å². The van der Waals surface area contributed by atoms with Gasteiger partial charge in [-0.3, -0.25) is 4.79 Å². The number of carbonyl (C=O) groups is 2. The van der Waals surface area contributed by atoms with Gasteiger partial charge in [0.15, 0.2) is 0 Å². The molecule has 0 unspecified atom stereocenters. The molecule has 1 aliphatic heterocycles. The fraction of sp³-hybridized carbons (Fsp3) is 0.774. The maximum absolute atomic E-state index is 12.7. The summed E-state index contributed by atoms with van der Waals surface area (Å²) in [7, 11) is 0. The molecule has 0 spiro atoms. The molecule has 8 atom stereocenters. The molecule has 3 amide bonds. The summed E-state index contributed by atoms with van der Waals surface area (Å²) in [5, 5.41) is 33.6. The van der Waals surface area contributed by atoms with Gasteiger partial charge in [-0.2, -0.15) is 0 Å². The first-order valence-electron chi connectivity index (χ1n) is 15.6. The summed E-state index contributed by atoms with van der Waals surface area (Å²) in [6.45, 7) is 7.08. The van der Waals surface area contributed by atoms with Crippen molar-refractivity contribution >= 4 is 11.9 Å². The minimum atomic E-state index is -0.900. The van der Waals surface area contributed by atoms with E-state index in [9.17, 15) is 24.6 Å². The Balaban J connectivity index is 1.10. The Kier molecular flexibility index (Phi) is 7.26. The minimum absolute atomic E-state index is 0.0528. The van der Waals surface area contributed by atoms with Crippen LogP contribution in [0, 0.1) is 22.7 Å². The second kappa shape index (κ2) is 10.4. The van der Waals surface area contributed by atoms with Crippen molar-refractivity contribution in [2.24, 2.45) is 22.7 Å². The summed E-state index contributed by atoms with van der Waals surface area (Å²) in [5.41, 5.74) is -1.74. The molecule has 0 aromatic carbocycles. The maximum Gasteiger partial charge on any atom is 0.335 e. The second-order valence-corrected chi connectivity index (χ2v) is 14.0. The summed E-state index contributed by atoms with van der Waals surface area (Å²) in [6, 6.07) is 2.96. The van der Waals surface area contributed by atoms with E-state index in [1.807, 2.05) is 6.07 Å². The average Bonchev–Trinajstić information content (AvgIpc) is 3.22. The number of amides is 3. The fourth-order valence-electron chi connectivity index (χ4n) is 9.87. The molecule has 2 heterocycles. The summed E-state index contributed by atoms with van der Waals surface area (Å²) < 4.78 is 5.20. The summed E-state index contributed by atoms with van der Waals surface area (Å²) in [5.74, 6) is 0.498. The average molecular weight is 571 g/mol. The van der Waals surface area contributed by atoms with Crippen molar-refractivity contribution in [2.45, 2.75) is 94.8 Å². The van der Waals surface area contributed by atoms with E-state index in [0.29, 0.717) is 45.4 Å². The Morgan fingerprint density at radius 3 is 2.59 bits per heavy atom. The monoisotopic (exact) mass is 570 g/mol. The number of nitrogens with zero attached hydrogens (tertiary/aromatic N) is 1. The van der Waals surface area contributed by atoms with Gasteiger partial charge < -0.3 is 35.5 Å². The van der Waals surface area contributed by atoms with Crippen molar-refractivity contribution in [3.05, 3.63) is 34.4 Å². The molecule has 5 N–H and O–H groups in total. The standard InChI is InChI=1S/C31H46N4O6/c1-28-9-5-21(34-27(38)33-14-16-35-15-13-32-18-25(35)36)17-30(28,39)11-7-24-23(28)6-10-29(2)22(8-12-31(24,29)40)20-3-4-26(37)41-19-20/h3-4,19,21-24,32,39-40H,5-18H2,1-2H3,(H2,33,34,38)/t21-,22+,23-,24+,28+,29+,30-,31-/m0/s1. The van der Waals surface area contributed by atoms with Gasteiger partial charge in [0, 0.05) is 43.7 Å². The summed E-state index contributed by atoms with van der Waals surface area (Å²) in [4.78, 5) is 38.0. The Labute approximate surface area is 241 Å². The van der Waals surface area contributed by atoms with Gasteiger partial charge in [-0.15, -0.1) is 0 Å². The number of hydrogen-bond donors (Lipinski definition) is 5. The van der Waals surface area contributed by atoms with Crippen LogP contribution < -0.4 is 21.6 Å². The first-order valence-corrected chi connectivity index (χ1v) is 15.6. The Hall–Kier alpha value is -2.43. The third-order valence-electron chi connectivity index (χ3n) is 12.3. The number of carbonyl (C=O) groups excluding carboxylic acids is 2. The molecule has 10 nitrogen and oxygen atoms in total. The molecule has 10 heteroatoms. The first-order chi connectivity index (χ1) is 19.5. The zero-order valence-corrected chi connectivity index (χ0v) is 24.4. The molecule has 1 aromatic rings. The zero-order valence-electron chi connectivity index (χ0n) is 24.4. The highest BCUT2D eigenvalue weighted by molar-refractivity contribution is 5.79. The molecule has 226 valence electrons. The molecule has 4 saturated carbocycles. The number of rotatable bonds is 5. The van der Waals surface area contributed by atoms with Crippen LogP contribution in [0.25, 0.3) is 0 Å². The smallest absolute Gasteiger partial charge is 0.335 e. The van der Waals surface area contributed by atoms with Crippen molar-refractivity contribution in [1.82, 2.24) is 20.9 Å². The van der Waals surface area contributed by atoms with Gasteiger partial charge in [-0.05, 0) is 92.6 Å². The number of fused-ring (bicyclic) bond motifs is 5. The van der Waals surface area contributed by atoms with Gasteiger partial charge >= 0.3 is 11.7 Å². The predicted octanol–water partition coefficient (Wildman–Crippen LogP) is 2.10. The highest BCUT2D eigenvalue weighted by Gasteiger charge is 2.70. The summed E-state index contributed by atoms with van der Waals surface area (Å²) >= 11 is 0. The molecule has 6 rings (SSSR count). The van der Waals surface area contributed by atoms with Gasteiger partial charge in [0.2, 0.25) is 5.91 Å². The van der Waals surface area contributed by atoms with Crippen molar-refractivity contribution in [2.75, 3.05) is 32.7 Å². The molecule has 41 heavy (non-hydrogen) atoms. The van der Waals surface area contributed by atoms with Gasteiger partial charge in [-0.25, -0.2) is 9.59 Å². The van der Waals surface area contributed by atoms with Crippen LogP contribution in [0.15, 0.2) is 27.6 Å². The Morgan fingerprint density at radius 2 is 1.83 bits per heavy atom. The predicted molar refractivity (Wildman–Crippen MR) is 152 cm³/mol. The summed E-state index contributed by atoms with van der Waals surface area (Å²) in [6.07, 6.45) is 8.41. The van der Waals surface area contributed by atoms with E-state index in [4.69, 9.17) is 4.42 Å². The van der Waals surface area contributed by atoms with E-state index < -0.39 is 11.2 Å². The third kappa shape index (κ3) is 4.61. The van der Waals surface area contributed by atoms with Crippen LogP contribution in [0.5, 0.6) is 0 Å². The van der Waals surface area contributed by atoms with E-state index in [1.165, 1.54) is 6.07 Å². The second-order valence-electron chi connectivity index (χ2n) is 14.0. The lowest BCUT2D eigenvalue weighted by molar-refractivity contribution is -0.247. The van der Waals surface area contributed by atoms with E-state index >= 15 is 0 Å². The largest absolute Gasteiger partial charge is 0.431 e. The van der Waals surface area contributed by atoms with Crippen LogP contribution in [0.1, 0.15) is 83.1 Å². The van der Waals surface area contributed by atoms with Crippen LogP contribution in [0.4, 0.5) is 4.79 Å². The number of aliphatic hydroxyl groups is 2. The van der Waals surface area contributed by atoms with E-state index in [-0.39, 0.29) is 52.2 Å². The van der Waals surface area contributed by atoms with Gasteiger partial charge in [0.1, 0.15) is 0 Å². The van der Waals surface area contributed by atoms with Crippen LogP contribution >= 0.6 is 0 Å². The SMILES string of the molecule is C[C@]12CC[C@H](NC(=O)NCCN3CCNCC3=O)C[C@@]1(O)CC[C@@H]1[C@@H]2CC[C@]2(C)[C@@H](c3ccc(=O)oc3)CC[C@]12O. The zero-order chi connectivity index (χ0) is 29.0. The van der Waals surface area contributed by atoms with Crippen LogP contribution in [-0.2, 0) is 4.79 Å². The van der Waals surface area contributed by atoms with Gasteiger partial charge in [-0.1, -0.05) is 13.8 Å². The highest BCUT2D eigenvalue weighted by atomic mass is 16.4. The molecule has 0 bridgehead atoms. The number of hydrogen-bond acceptors (Lipinski definition) is 7. The molecule has 1 aromatic heterocycles. The Morgan fingerprint density at radius 1 is 1.05 bits per heavy atom. The van der Waals surface area contributed by atoms with Crippen molar-refractivity contribution in [3.8, 4) is 0 Å².